The van der Waals surface area contributed by atoms with Gasteiger partial charge in [-0.2, -0.15) is 10.5 Å². The number of nitrogens with zero attached hydrogens (tertiary/aromatic N) is 4. The summed E-state index contributed by atoms with van der Waals surface area (Å²) in [6.07, 6.45) is 0.940. The number of anilines is 2. The number of hydrogen-bond acceptors (Lipinski definition) is 4. The Kier molecular flexibility index (Phi) is 4.89. The largest absolute Gasteiger partial charge is 0.369 e. The molecule has 1 aliphatic rings. The molecule has 4 nitrogen and oxygen atoms in total. The van der Waals surface area contributed by atoms with E-state index in [1.165, 1.54) is 0 Å². The van der Waals surface area contributed by atoms with Crippen molar-refractivity contribution in [3.63, 3.8) is 0 Å². The SMILES string of the molecule is N#Cc1ccccc1N1CCCN(c2c(Cl)cccc2C#N)CC1. The summed E-state index contributed by atoms with van der Waals surface area (Å²) in [7, 11) is 0. The zero-order valence-corrected chi connectivity index (χ0v) is 14.0. The molecule has 2 aromatic carbocycles. The van der Waals surface area contributed by atoms with Crippen LogP contribution in [0.25, 0.3) is 0 Å². The van der Waals surface area contributed by atoms with Gasteiger partial charge in [0.25, 0.3) is 0 Å². The molecule has 0 atom stereocenters. The van der Waals surface area contributed by atoms with E-state index in [-0.39, 0.29) is 0 Å². The van der Waals surface area contributed by atoms with E-state index >= 15 is 0 Å². The summed E-state index contributed by atoms with van der Waals surface area (Å²) in [5, 5.41) is 19.3. The lowest BCUT2D eigenvalue weighted by Crippen LogP contribution is -2.31. The van der Waals surface area contributed by atoms with Gasteiger partial charge in [0.15, 0.2) is 0 Å². The fourth-order valence-corrected chi connectivity index (χ4v) is 3.45. The molecule has 0 unspecified atom stereocenters. The van der Waals surface area contributed by atoms with Crippen LogP contribution in [0.1, 0.15) is 17.5 Å². The van der Waals surface area contributed by atoms with Gasteiger partial charge >= 0.3 is 0 Å². The van der Waals surface area contributed by atoms with Crippen LogP contribution in [0.3, 0.4) is 0 Å². The van der Waals surface area contributed by atoms with Crippen LogP contribution in [0.15, 0.2) is 42.5 Å². The zero-order chi connectivity index (χ0) is 16.9. The van der Waals surface area contributed by atoms with Gasteiger partial charge in [-0.3, -0.25) is 0 Å². The van der Waals surface area contributed by atoms with Gasteiger partial charge in [-0.15, -0.1) is 0 Å². The molecule has 2 aromatic rings. The van der Waals surface area contributed by atoms with Gasteiger partial charge in [0, 0.05) is 26.2 Å². The molecule has 0 N–H and O–H groups in total. The van der Waals surface area contributed by atoms with Gasteiger partial charge < -0.3 is 9.80 Å². The van der Waals surface area contributed by atoms with Crippen molar-refractivity contribution >= 4 is 23.0 Å². The third-order valence-electron chi connectivity index (χ3n) is 4.28. The van der Waals surface area contributed by atoms with Crippen molar-refractivity contribution in [3.05, 3.63) is 58.6 Å². The summed E-state index contributed by atoms with van der Waals surface area (Å²) in [5.74, 6) is 0. The summed E-state index contributed by atoms with van der Waals surface area (Å²) >= 11 is 6.35. The first kappa shape index (κ1) is 16.2. The summed E-state index contributed by atoms with van der Waals surface area (Å²) in [4.78, 5) is 4.41. The fourth-order valence-electron chi connectivity index (χ4n) is 3.15. The number of rotatable bonds is 2. The molecule has 0 aliphatic carbocycles. The number of nitriles is 2. The Morgan fingerprint density at radius 2 is 1.46 bits per heavy atom. The Morgan fingerprint density at radius 1 is 0.792 bits per heavy atom. The minimum Gasteiger partial charge on any atom is -0.369 e. The topological polar surface area (TPSA) is 54.1 Å². The smallest absolute Gasteiger partial charge is 0.101 e. The van der Waals surface area contributed by atoms with Crippen molar-refractivity contribution in [1.29, 1.82) is 10.5 Å². The summed E-state index contributed by atoms with van der Waals surface area (Å²) < 4.78 is 0. The maximum atomic E-state index is 9.36. The van der Waals surface area contributed by atoms with Crippen LogP contribution in [0.5, 0.6) is 0 Å². The average molecular weight is 337 g/mol. The first-order valence-corrected chi connectivity index (χ1v) is 8.30. The van der Waals surface area contributed by atoms with Crippen LogP contribution in [-0.4, -0.2) is 26.2 Å². The van der Waals surface area contributed by atoms with E-state index in [4.69, 9.17) is 11.6 Å². The van der Waals surface area contributed by atoms with Crippen molar-refractivity contribution in [1.82, 2.24) is 0 Å². The maximum absolute atomic E-state index is 9.36. The molecule has 1 saturated heterocycles. The molecule has 1 fully saturated rings. The van der Waals surface area contributed by atoms with Gasteiger partial charge in [0.05, 0.1) is 27.5 Å². The number of halogens is 1. The molecule has 5 heteroatoms. The summed E-state index contributed by atoms with van der Waals surface area (Å²) in [5.41, 5.74) is 3.09. The Bertz CT molecular complexity index is 819. The van der Waals surface area contributed by atoms with Crippen molar-refractivity contribution in [2.45, 2.75) is 6.42 Å². The third-order valence-corrected chi connectivity index (χ3v) is 4.59. The molecular formula is C19H17ClN4. The summed E-state index contributed by atoms with van der Waals surface area (Å²) in [6, 6.07) is 17.6. The van der Waals surface area contributed by atoms with Crippen LogP contribution < -0.4 is 9.80 Å². The second-order valence-corrected chi connectivity index (χ2v) is 6.11. The van der Waals surface area contributed by atoms with E-state index in [1.807, 2.05) is 30.3 Å². The number of para-hydroxylation sites is 2. The van der Waals surface area contributed by atoms with E-state index in [9.17, 15) is 10.5 Å². The Labute approximate surface area is 147 Å². The quantitative estimate of drug-likeness (QED) is 0.837. The van der Waals surface area contributed by atoms with E-state index in [0.29, 0.717) is 16.1 Å². The Morgan fingerprint density at radius 3 is 2.25 bits per heavy atom. The molecule has 0 aromatic heterocycles. The second kappa shape index (κ2) is 7.25. The van der Waals surface area contributed by atoms with E-state index in [1.54, 1.807) is 12.1 Å². The number of benzene rings is 2. The molecule has 1 aliphatic heterocycles. The molecule has 0 amide bonds. The van der Waals surface area contributed by atoms with Gasteiger partial charge in [-0.1, -0.05) is 29.8 Å². The van der Waals surface area contributed by atoms with Crippen LogP contribution in [0, 0.1) is 22.7 Å². The Balaban J connectivity index is 1.84. The lowest BCUT2D eigenvalue weighted by molar-refractivity contribution is 0.805. The van der Waals surface area contributed by atoms with E-state index < -0.39 is 0 Å². The van der Waals surface area contributed by atoms with Crippen molar-refractivity contribution in [2.75, 3.05) is 36.0 Å². The minimum absolute atomic E-state index is 0.605. The Hall–Kier alpha value is -2.69. The predicted octanol–water partition coefficient (Wildman–Crippen LogP) is 3.80. The van der Waals surface area contributed by atoms with E-state index in [2.05, 4.69) is 21.9 Å². The molecule has 3 rings (SSSR count). The molecular weight excluding hydrogens is 320 g/mol. The molecule has 0 spiro atoms. The first-order chi connectivity index (χ1) is 11.7. The van der Waals surface area contributed by atoms with Crippen LogP contribution in [0.2, 0.25) is 5.02 Å². The normalized spacial score (nSPS) is 14.6. The predicted molar refractivity (Wildman–Crippen MR) is 96.4 cm³/mol. The van der Waals surface area contributed by atoms with Gasteiger partial charge in [-0.25, -0.2) is 0 Å². The van der Waals surface area contributed by atoms with Gasteiger partial charge in [-0.05, 0) is 30.7 Å². The molecule has 24 heavy (non-hydrogen) atoms. The van der Waals surface area contributed by atoms with Crippen molar-refractivity contribution in [2.24, 2.45) is 0 Å². The molecule has 0 saturated carbocycles. The molecule has 0 radical (unpaired) electrons. The molecule has 120 valence electrons. The lowest BCUT2D eigenvalue weighted by atomic mass is 10.1. The van der Waals surface area contributed by atoms with Gasteiger partial charge in [0.1, 0.15) is 12.1 Å². The van der Waals surface area contributed by atoms with Gasteiger partial charge in [0.2, 0.25) is 0 Å². The van der Waals surface area contributed by atoms with E-state index in [0.717, 1.165) is 44.0 Å². The van der Waals surface area contributed by atoms with Crippen molar-refractivity contribution < 1.29 is 0 Å². The standard InChI is InChI=1S/C19H17ClN4/c20-17-7-3-6-16(14-22)19(17)24-10-4-9-23(11-12-24)18-8-2-1-5-15(18)13-21/h1-3,5-8H,4,9-12H2. The monoisotopic (exact) mass is 336 g/mol. The molecule has 1 heterocycles. The average Bonchev–Trinajstić information content (AvgIpc) is 2.87. The third kappa shape index (κ3) is 3.15. The minimum atomic E-state index is 0.605. The lowest BCUT2D eigenvalue weighted by Gasteiger charge is -2.26. The molecule has 0 bridgehead atoms. The highest BCUT2D eigenvalue weighted by molar-refractivity contribution is 6.33. The van der Waals surface area contributed by atoms with Crippen molar-refractivity contribution in [3.8, 4) is 12.1 Å². The highest BCUT2D eigenvalue weighted by atomic mass is 35.5. The fraction of sp³-hybridized carbons (Fsp3) is 0.263. The first-order valence-electron chi connectivity index (χ1n) is 7.92. The highest BCUT2D eigenvalue weighted by Crippen LogP contribution is 2.31. The number of hydrogen-bond donors (Lipinski definition) is 0. The zero-order valence-electron chi connectivity index (χ0n) is 13.2. The van der Waals surface area contributed by atoms with Crippen LogP contribution >= 0.6 is 11.6 Å². The summed E-state index contributed by atoms with van der Waals surface area (Å²) in [6.45, 7) is 3.26. The highest BCUT2D eigenvalue weighted by Gasteiger charge is 2.20. The van der Waals surface area contributed by atoms with Crippen LogP contribution in [-0.2, 0) is 0 Å². The maximum Gasteiger partial charge on any atom is 0.101 e. The van der Waals surface area contributed by atoms with Crippen LogP contribution in [0.4, 0.5) is 11.4 Å². The second-order valence-electron chi connectivity index (χ2n) is 5.70.